The van der Waals surface area contributed by atoms with Crippen LogP contribution in [0.2, 0.25) is 0 Å². The molecule has 1 aromatic heterocycles. The molecule has 2 rings (SSSR count). The third kappa shape index (κ3) is 5.33. The minimum absolute atomic E-state index is 0.115. The third-order valence-electron chi connectivity index (χ3n) is 3.34. The van der Waals surface area contributed by atoms with Gasteiger partial charge in [-0.1, -0.05) is 30.3 Å². The highest BCUT2D eigenvalue weighted by Gasteiger charge is 2.15. The van der Waals surface area contributed by atoms with Gasteiger partial charge in [0, 0.05) is 24.2 Å². The Bertz CT molecular complexity index is 615. The van der Waals surface area contributed by atoms with Gasteiger partial charge < -0.3 is 15.4 Å². The third-order valence-corrected chi connectivity index (χ3v) is 4.44. The first-order valence-corrected chi connectivity index (χ1v) is 8.55. The number of thiazole rings is 1. The maximum Gasteiger partial charge on any atom is 0.315 e. The monoisotopic (exact) mass is 333 g/mol. The van der Waals surface area contributed by atoms with Crippen molar-refractivity contribution in [3.05, 3.63) is 52.0 Å². The predicted octanol–water partition coefficient (Wildman–Crippen LogP) is 3.59. The van der Waals surface area contributed by atoms with Crippen LogP contribution in [0.5, 0.6) is 0 Å². The van der Waals surface area contributed by atoms with Crippen molar-refractivity contribution >= 4 is 17.4 Å². The Balaban J connectivity index is 1.86. The highest BCUT2D eigenvalue weighted by molar-refractivity contribution is 7.11. The van der Waals surface area contributed by atoms with Crippen LogP contribution in [-0.2, 0) is 4.74 Å². The minimum Gasteiger partial charge on any atom is -0.372 e. The average Bonchev–Trinajstić information content (AvgIpc) is 2.99. The van der Waals surface area contributed by atoms with E-state index in [2.05, 4.69) is 15.6 Å². The molecular weight excluding hydrogens is 310 g/mol. The molecule has 1 aromatic carbocycles. The van der Waals surface area contributed by atoms with Gasteiger partial charge in [-0.05, 0) is 26.3 Å². The molecule has 2 aromatic rings. The zero-order valence-corrected chi connectivity index (χ0v) is 14.5. The van der Waals surface area contributed by atoms with E-state index in [0.717, 1.165) is 15.4 Å². The van der Waals surface area contributed by atoms with Crippen molar-refractivity contribution < 1.29 is 9.53 Å². The number of hydrogen-bond acceptors (Lipinski definition) is 4. The van der Waals surface area contributed by atoms with Gasteiger partial charge in [-0.3, -0.25) is 0 Å². The molecule has 0 saturated heterocycles. The van der Waals surface area contributed by atoms with Crippen molar-refractivity contribution in [2.75, 3.05) is 13.2 Å². The molecule has 2 atom stereocenters. The van der Waals surface area contributed by atoms with Crippen molar-refractivity contribution in [1.29, 1.82) is 0 Å². The number of nitrogens with zero attached hydrogens (tertiary/aromatic N) is 1. The highest BCUT2D eigenvalue weighted by Crippen LogP contribution is 2.19. The lowest BCUT2D eigenvalue weighted by atomic mass is 10.1. The van der Waals surface area contributed by atoms with E-state index >= 15 is 0 Å². The first-order valence-electron chi connectivity index (χ1n) is 7.73. The molecule has 0 fully saturated rings. The number of amides is 2. The molecule has 0 aliphatic carbocycles. The van der Waals surface area contributed by atoms with Crippen LogP contribution in [0.15, 0.2) is 36.5 Å². The molecule has 0 saturated carbocycles. The summed E-state index contributed by atoms with van der Waals surface area (Å²) in [4.78, 5) is 17.5. The Kier molecular flexibility index (Phi) is 6.55. The normalized spacial score (nSPS) is 13.3. The molecular formula is C17H23N3O2S. The average molecular weight is 333 g/mol. The molecule has 1 heterocycles. The van der Waals surface area contributed by atoms with Gasteiger partial charge in [0.2, 0.25) is 0 Å². The van der Waals surface area contributed by atoms with Crippen LogP contribution in [0.1, 0.15) is 41.4 Å². The standard InChI is InChI=1S/C17H23N3O2S/c1-4-22-15(14-8-6-5-7-9-14)11-19-17(21)20-13(3)16-18-10-12(2)23-16/h5-10,13,15H,4,11H2,1-3H3,(H2,19,20,21). The molecule has 0 aliphatic rings. The minimum atomic E-state index is -0.217. The van der Waals surface area contributed by atoms with Crippen LogP contribution in [0, 0.1) is 6.92 Å². The second-order valence-electron chi connectivity index (χ2n) is 5.24. The number of aryl methyl sites for hydroxylation is 1. The molecule has 124 valence electrons. The SMILES string of the molecule is CCOC(CNC(=O)NC(C)c1ncc(C)s1)c1ccccc1. The van der Waals surface area contributed by atoms with Gasteiger partial charge in [0.25, 0.3) is 0 Å². The molecule has 6 heteroatoms. The van der Waals surface area contributed by atoms with Gasteiger partial charge in [-0.25, -0.2) is 9.78 Å². The Labute approximate surface area is 141 Å². The molecule has 2 unspecified atom stereocenters. The second-order valence-corrected chi connectivity index (χ2v) is 6.51. The smallest absolute Gasteiger partial charge is 0.315 e. The lowest BCUT2D eigenvalue weighted by Crippen LogP contribution is -2.39. The maximum absolute atomic E-state index is 12.1. The van der Waals surface area contributed by atoms with E-state index in [-0.39, 0.29) is 18.2 Å². The van der Waals surface area contributed by atoms with E-state index in [1.165, 1.54) is 0 Å². The zero-order chi connectivity index (χ0) is 16.7. The maximum atomic E-state index is 12.1. The Morgan fingerprint density at radius 3 is 2.70 bits per heavy atom. The number of urea groups is 1. The Morgan fingerprint density at radius 2 is 2.09 bits per heavy atom. The summed E-state index contributed by atoms with van der Waals surface area (Å²) in [5.41, 5.74) is 1.05. The Hall–Kier alpha value is -1.92. The number of benzene rings is 1. The van der Waals surface area contributed by atoms with E-state index < -0.39 is 0 Å². The quantitative estimate of drug-likeness (QED) is 0.814. The van der Waals surface area contributed by atoms with Gasteiger partial charge in [-0.2, -0.15) is 0 Å². The topological polar surface area (TPSA) is 63.2 Å². The van der Waals surface area contributed by atoms with Crippen molar-refractivity contribution in [1.82, 2.24) is 15.6 Å². The summed E-state index contributed by atoms with van der Waals surface area (Å²) in [6.07, 6.45) is 1.67. The fraction of sp³-hybridized carbons (Fsp3) is 0.412. The lowest BCUT2D eigenvalue weighted by Gasteiger charge is -2.19. The molecule has 2 amide bonds. The lowest BCUT2D eigenvalue weighted by molar-refractivity contribution is 0.0639. The van der Waals surface area contributed by atoms with Crippen LogP contribution in [0.4, 0.5) is 4.79 Å². The van der Waals surface area contributed by atoms with Crippen LogP contribution >= 0.6 is 11.3 Å². The van der Waals surface area contributed by atoms with Crippen LogP contribution in [0.3, 0.4) is 0 Å². The molecule has 23 heavy (non-hydrogen) atoms. The van der Waals surface area contributed by atoms with Gasteiger partial charge in [-0.15, -0.1) is 11.3 Å². The van der Waals surface area contributed by atoms with Crippen molar-refractivity contribution in [3.63, 3.8) is 0 Å². The molecule has 0 radical (unpaired) electrons. The van der Waals surface area contributed by atoms with Crippen molar-refractivity contribution in [3.8, 4) is 0 Å². The fourth-order valence-corrected chi connectivity index (χ4v) is 2.99. The summed E-state index contributed by atoms with van der Waals surface area (Å²) < 4.78 is 5.72. The molecule has 0 aliphatic heterocycles. The van der Waals surface area contributed by atoms with Crippen molar-refractivity contribution in [2.24, 2.45) is 0 Å². The highest BCUT2D eigenvalue weighted by atomic mass is 32.1. The second kappa shape index (κ2) is 8.64. The summed E-state index contributed by atoms with van der Waals surface area (Å²) in [6, 6.07) is 9.57. The largest absolute Gasteiger partial charge is 0.372 e. The number of carbonyl (C=O) groups excluding carboxylic acids is 1. The summed E-state index contributed by atoms with van der Waals surface area (Å²) >= 11 is 1.59. The van der Waals surface area contributed by atoms with E-state index in [1.807, 2.05) is 57.3 Å². The predicted molar refractivity (Wildman–Crippen MR) is 92.6 cm³/mol. The molecule has 0 spiro atoms. The zero-order valence-electron chi connectivity index (χ0n) is 13.7. The number of aromatic nitrogens is 1. The molecule has 0 bridgehead atoms. The van der Waals surface area contributed by atoms with Gasteiger partial charge >= 0.3 is 6.03 Å². The van der Waals surface area contributed by atoms with Gasteiger partial charge in [0.1, 0.15) is 5.01 Å². The number of nitrogens with one attached hydrogen (secondary N) is 2. The van der Waals surface area contributed by atoms with E-state index in [1.54, 1.807) is 11.3 Å². The first kappa shape index (κ1) is 17.4. The number of hydrogen-bond donors (Lipinski definition) is 2. The van der Waals surface area contributed by atoms with Crippen LogP contribution in [-0.4, -0.2) is 24.2 Å². The first-order chi connectivity index (χ1) is 11.1. The number of carbonyl (C=O) groups is 1. The Morgan fingerprint density at radius 1 is 1.35 bits per heavy atom. The van der Waals surface area contributed by atoms with Gasteiger partial charge in [0.15, 0.2) is 0 Å². The van der Waals surface area contributed by atoms with E-state index in [9.17, 15) is 4.79 Å². The molecule has 5 nitrogen and oxygen atoms in total. The summed E-state index contributed by atoms with van der Waals surface area (Å²) in [5, 5.41) is 6.68. The van der Waals surface area contributed by atoms with Crippen LogP contribution < -0.4 is 10.6 Å². The van der Waals surface area contributed by atoms with Gasteiger partial charge in [0.05, 0.1) is 12.1 Å². The fourth-order valence-electron chi connectivity index (χ4n) is 2.21. The molecule has 2 N–H and O–H groups in total. The summed E-state index contributed by atoms with van der Waals surface area (Å²) in [7, 11) is 0. The number of ether oxygens (including phenoxy) is 1. The van der Waals surface area contributed by atoms with Crippen LogP contribution in [0.25, 0.3) is 0 Å². The van der Waals surface area contributed by atoms with Crippen molar-refractivity contribution in [2.45, 2.75) is 32.9 Å². The van der Waals surface area contributed by atoms with E-state index in [0.29, 0.717) is 13.2 Å². The number of rotatable bonds is 7. The van der Waals surface area contributed by atoms with E-state index in [4.69, 9.17) is 4.74 Å². The summed E-state index contributed by atoms with van der Waals surface area (Å²) in [5.74, 6) is 0. The summed E-state index contributed by atoms with van der Waals surface area (Å²) in [6.45, 7) is 6.89.